The zero-order valence-corrected chi connectivity index (χ0v) is 22.7. The minimum atomic E-state index is -1.19. The molecule has 36 heavy (non-hydrogen) atoms. The lowest BCUT2D eigenvalue weighted by atomic mass is 9.90. The van der Waals surface area contributed by atoms with Crippen LogP contribution in [0.4, 0.5) is 4.79 Å². The lowest BCUT2D eigenvalue weighted by Gasteiger charge is -2.32. The van der Waals surface area contributed by atoms with E-state index in [1.807, 2.05) is 70.2 Å². The Bertz CT molecular complexity index is 995. The van der Waals surface area contributed by atoms with Gasteiger partial charge in [0, 0.05) is 0 Å². The number of aliphatic hydroxyl groups is 2. The first kappa shape index (κ1) is 29.6. The molecule has 0 fully saturated rings. The van der Waals surface area contributed by atoms with Crippen LogP contribution < -0.4 is 10.6 Å². The Kier molecular flexibility index (Phi) is 10.7. The molecule has 7 heteroatoms. The summed E-state index contributed by atoms with van der Waals surface area (Å²) in [6, 6.07) is 12.2. The SMILES string of the molecule is CCC(C)[C@H](NC(=O)OC(C)(C)C)C(=O)N[C@@H](Cc1cccc2ccccc12)[C@@H](O)[C@@H](O)CC(C)C. The van der Waals surface area contributed by atoms with E-state index in [0.29, 0.717) is 19.3 Å². The number of fused-ring (bicyclic) bond motifs is 1. The predicted molar refractivity (Wildman–Crippen MR) is 144 cm³/mol. The van der Waals surface area contributed by atoms with Gasteiger partial charge in [0.1, 0.15) is 17.7 Å². The molecular weight excluding hydrogens is 456 g/mol. The maximum Gasteiger partial charge on any atom is 0.408 e. The third-order valence-electron chi connectivity index (χ3n) is 6.33. The van der Waals surface area contributed by atoms with Crippen molar-refractivity contribution in [3.8, 4) is 0 Å². The fraction of sp³-hybridized carbons (Fsp3) is 0.586. The number of aliphatic hydroxyl groups excluding tert-OH is 2. The van der Waals surface area contributed by atoms with Crippen LogP contribution in [0.2, 0.25) is 0 Å². The molecule has 7 nitrogen and oxygen atoms in total. The second-order valence-corrected chi connectivity index (χ2v) is 11.2. The monoisotopic (exact) mass is 500 g/mol. The number of hydrogen-bond acceptors (Lipinski definition) is 5. The smallest absolute Gasteiger partial charge is 0.408 e. The first-order chi connectivity index (χ1) is 16.8. The van der Waals surface area contributed by atoms with E-state index in [9.17, 15) is 19.8 Å². The molecule has 0 aliphatic carbocycles. The number of benzene rings is 2. The zero-order valence-electron chi connectivity index (χ0n) is 22.7. The highest BCUT2D eigenvalue weighted by molar-refractivity contribution is 5.87. The summed E-state index contributed by atoms with van der Waals surface area (Å²) in [5.74, 6) is -0.421. The molecule has 0 saturated heterocycles. The number of rotatable bonds is 11. The van der Waals surface area contributed by atoms with Crippen molar-refractivity contribution in [3.05, 3.63) is 48.0 Å². The molecule has 5 atom stereocenters. The van der Waals surface area contributed by atoms with E-state index in [1.54, 1.807) is 20.8 Å². The van der Waals surface area contributed by atoms with E-state index in [0.717, 1.165) is 16.3 Å². The van der Waals surface area contributed by atoms with Gasteiger partial charge >= 0.3 is 6.09 Å². The normalized spacial score (nSPS) is 16.2. The van der Waals surface area contributed by atoms with Gasteiger partial charge in [0.05, 0.1) is 12.1 Å². The largest absolute Gasteiger partial charge is 0.444 e. The molecule has 0 aromatic heterocycles. The summed E-state index contributed by atoms with van der Waals surface area (Å²) in [6.45, 7) is 13.0. The van der Waals surface area contributed by atoms with Gasteiger partial charge in [-0.05, 0) is 61.8 Å². The van der Waals surface area contributed by atoms with E-state index >= 15 is 0 Å². The molecule has 4 N–H and O–H groups in total. The molecule has 2 amide bonds. The molecule has 0 radical (unpaired) electrons. The second-order valence-electron chi connectivity index (χ2n) is 11.2. The van der Waals surface area contributed by atoms with Gasteiger partial charge in [0.2, 0.25) is 5.91 Å². The Morgan fingerprint density at radius 3 is 2.22 bits per heavy atom. The molecule has 2 rings (SSSR count). The van der Waals surface area contributed by atoms with Crippen LogP contribution in [0.15, 0.2) is 42.5 Å². The van der Waals surface area contributed by atoms with Crippen LogP contribution in [0.5, 0.6) is 0 Å². The molecule has 2 aromatic carbocycles. The fourth-order valence-corrected chi connectivity index (χ4v) is 4.26. The number of alkyl carbamates (subject to hydrolysis) is 1. The van der Waals surface area contributed by atoms with Crippen LogP contribution in [-0.2, 0) is 16.0 Å². The van der Waals surface area contributed by atoms with E-state index in [-0.39, 0.29) is 11.8 Å². The maximum absolute atomic E-state index is 13.5. The molecule has 0 spiro atoms. The van der Waals surface area contributed by atoms with Crippen molar-refractivity contribution in [1.29, 1.82) is 0 Å². The quantitative estimate of drug-likeness (QED) is 0.361. The Morgan fingerprint density at radius 2 is 1.61 bits per heavy atom. The highest BCUT2D eigenvalue weighted by Crippen LogP contribution is 2.22. The lowest BCUT2D eigenvalue weighted by molar-refractivity contribution is -0.126. The van der Waals surface area contributed by atoms with Crippen molar-refractivity contribution >= 4 is 22.8 Å². The minimum Gasteiger partial charge on any atom is -0.444 e. The zero-order chi connectivity index (χ0) is 27.0. The molecule has 0 aliphatic rings. The summed E-state index contributed by atoms with van der Waals surface area (Å²) < 4.78 is 5.37. The van der Waals surface area contributed by atoms with E-state index in [4.69, 9.17) is 4.74 Å². The summed E-state index contributed by atoms with van der Waals surface area (Å²) in [5, 5.41) is 29.6. The van der Waals surface area contributed by atoms with Gasteiger partial charge in [0.25, 0.3) is 0 Å². The Labute approximate surface area is 215 Å². The molecule has 0 bridgehead atoms. The van der Waals surface area contributed by atoms with Gasteiger partial charge < -0.3 is 25.6 Å². The lowest BCUT2D eigenvalue weighted by Crippen LogP contribution is -2.57. The molecule has 200 valence electrons. The number of amides is 2. The summed E-state index contributed by atoms with van der Waals surface area (Å²) in [5.41, 5.74) is 0.253. The molecule has 0 heterocycles. The molecular formula is C29H44N2O5. The van der Waals surface area contributed by atoms with E-state index in [2.05, 4.69) is 10.6 Å². The highest BCUT2D eigenvalue weighted by Gasteiger charge is 2.34. The maximum atomic E-state index is 13.5. The predicted octanol–water partition coefficient (Wildman–Crippen LogP) is 4.57. The number of hydrogen-bond donors (Lipinski definition) is 4. The average Bonchev–Trinajstić information content (AvgIpc) is 2.79. The van der Waals surface area contributed by atoms with Gasteiger partial charge in [-0.15, -0.1) is 0 Å². The third kappa shape index (κ3) is 8.79. The standard InChI is InChI=1S/C29H44N2O5/c1-8-19(4)25(31-28(35)36-29(5,6)7)27(34)30-23(26(33)24(32)16-18(2)3)17-21-14-11-13-20-12-9-10-15-22(20)21/h9-15,18-19,23-26,32-33H,8,16-17H2,1-7H3,(H,30,34)(H,31,35)/t19?,23-,24-,25-,26+/m0/s1. The number of carbonyl (C=O) groups excluding carboxylic acids is 2. The van der Waals surface area contributed by atoms with Gasteiger partial charge in [-0.25, -0.2) is 4.79 Å². The summed E-state index contributed by atoms with van der Waals surface area (Å²) in [6.07, 6.45) is -1.49. The molecule has 0 aliphatic heterocycles. The van der Waals surface area contributed by atoms with Crippen molar-refractivity contribution in [1.82, 2.24) is 10.6 Å². The topological polar surface area (TPSA) is 108 Å². The first-order valence-electron chi connectivity index (χ1n) is 12.9. The minimum absolute atomic E-state index is 0.172. The van der Waals surface area contributed by atoms with Crippen molar-refractivity contribution in [2.24, 2.45) is 11.8 Å². The Morgan fingerprint density at radius 1 is 0.972 bits per heavy atom. The summed E-state index contributed by atoms with van der Waals surface area (Å²) in [7, 11) is 0. The van der Waals surface area contributed by atoms with Gasteiger partial charge in [-0.2, -0.15) is 0 Å². The van der Waals surface area contributed by atoms with Gasteiger partial charge in [0.15, 0.2) is 0 Å². The van der Waals surface area contributed by atoms with Gasteiger partial charge in [-0.1, -0.05) is 76.6 Å². The van der Waals surface area contributed by atoms with Crippen molar-refractivity contribution < 1.29 is 24.5 Å². The van der Waals surface area contributed by atoms with Crippen molar-refractivity contribution in [3.63, 3.8) is 0 Å². The third-order valence-corrected chi connectivity index (χ3v) is 6.33. The summed E-state index contributed by atoms with van der Waals surface area (Å²) >= 11 is 0. The van der Waals surface area contributed by atoms with Crippen LogP contribution >= 0.6 is 0 Å². The number of carbonyl (C=O) groups is 2. The van der Waals surface area contributed by atoms with Crippen LogP contribution in [0.1, 0.15) is 66.9 Å². The second kappa shape index (κ2) is 13.1. The summed E-state index contributed by atoms with van der Waals surface area (Å²) in [4.78, 5) is 26.0. The Hall–Kier alpha value is -2.64. The fourth-order valence-electron chi connectivity index (χ4n) is 4.26. The van der Waals surface area contributed by atoms with Crippen molar-refractivity contribution in [2.45, 2.75) is 97.6 Å². The van der Waals surface area contributed by atoms with Crippen LogP contribution in [0.3, 0.4) is 0 Å². The average molecular weight is 501 g/mol. The van der Waals surface area contributed by atoms with Gasteiger partial charge in [-0.3, -0.25) is 4.79 Å². The van der Waals surface area contributed by atoms with Crippen molar-refractivity contribution in [2.75, 3.05) is 0 Å². The first-order valence-corrected chi connectivity index (χ1v) is 12.9. The molecule has 2 aromatic rings. The van der Waals surface area contributed by atoms with Crippen LogP contribution in [-0.4, -0.2) is 52.1 Å². The van der Waals surface area contributed by atoms with E-state index < -0.39 is 41.9 Å². The van der Waals surface area contributed by atoms with Crippen LogP contribution in [0.25, 0.3) is 10.8 Å². The Balaban J connectivity index is 2.34. The molecule has 1 unspecified atom stereocenters. The van der Waals surface area contributed by atoms with E-state index in [1.165, 1.54) is 0 Å². The molecule has 0 saturated carbocycles. The van der Waals surface area contributed by atoms with Crippen LogP contribution in [0, 0.1) is 11.8 Å². The highest BCUT2D eigenvalue weighted by atomic mass is 16.6. The number of nitrogens with one attached hydrogen (secondary N) is 2. The number of ether oxygens (including phenoxy) is 1.